The number of benzene rings is 4. The van der Waals surface area contributed by atoms with E-state index < -0.39 is 0 Å². The molecule has 15 nitrogen and oxygen atoms in total. The van der Waals surface area contributed by atoms with Gasteiger partial charge >= 0.3 is 17.5 Å². The number of phenolic OH excluding ortho intramolecular Hbond substituents is 1. The molecule has 0 unspecified atom stereocenters. The van der Waals surface area contributed by atoms with Gasteiger partial charge in [0.25, 0.3) is 0 Å². The van der Waals surface area contributed by atoms with E-state index in [2.05, 4.69) is 67.7 Å². The van der Waals surface area contributed by atoms with Crippen LogP contribution in [0, 0.1) is 0 Å². The summed E-state index contributed by atoms with van der Waals surface area (Å²) in [6.07, 6.45) is 6.04. The van der Waals surface area contributed by atoms with Gasteiger partial charge in [0.1, 0.15) is 16.7 Å². The van der Waals surface area contributed by atoms with Crippen LogP contribution in [0.3, 0.4) is 0 Å². The summed E-state index contributed by atoms with van der Waals surface area (Å²) in [5, 5.41) is 9.63. The first kappa shape index (κ1) is 51.6. The molecule has 1 fully saturated rings. The van der Waals surface area contributed by atoms with Crippen molar-refractivity contribution in [1.82, 2.24) is 29.1 Å². The Morgan fingerprint density at radius 1 is 0.738 bits per heavy atom. The summed E-state index contributed by atoms with van der Waals surface area (Å²) in [5.74, 6) is -0.0690. The van der Waals surface area contributed by atoms with Crippen LogP contribution in [0.15, 0.2) is 129 Å². The van der Waals surface area contributed by atoms with E-state index in [1.165, 1.54) is 28.2 Å². The van der Waals surface area contributed by atoms with Gasteiger partial charge in [0.05, 0.1) is 28.8 Å². The number of anilines is 1. The molecule has 6 heterocycles. The number of alkyl halides is 1. The lowest BCUT2D eigenvalue weighted by molar-refractivity contribution is -0.131. The van der Waals surface area contributed by atoms with Crippen LogP contribution < -0.4 is 22.0 Å². The highest BCUT2D eigenvalue weighted by Gasteiger charge is 2.19. The second-order valence-electron chi connectivity index (χ2n) is 12.9. The lowest BCUT2D eigenvalue weighted by Crippen LogP contribution is -2.08. The molecule has 10 rings (SSSR count). The molecule has 0 radical (unpaired) electrons. The molecule has 4 aromatic carbocycles. The third-order valence-electron chi connectivity index (χ3n) is 8.46. The van der Waals surface area contributed by atoms with E-state index in [1.807, 2.05) is 59.0 Å². The van der Waals surface area contributed by atoms with Gasteiger partial charge in [-0.05, 0) is 126 Å². The Hall–Kier alpha value is -4.35. The Bertz CT molecular complexity index is 2970. The number of nitrogens with two attached hydrogens (primary N) is 1. The largest absolute Gasteiger partial charge is 0.506 e. The van der Waals surface area contributed by atoms with Gasteiger partial charge in [-0.3, -0.25) is 13.9 Å². The predicted octanol–water partition coefficient (Wildman–Crippen LogP) is 11.4. The number of phenols is 1. The normalized spacial score (nSPS) is 12.1. The van der Waals surface area contributed by atoms with Crippen molar-refractivity contribution in [3.05, 3.63) is 153 Å². The Balaban J connectivity index is 0.000000177. The Labute approximate surface area is 427 Å². The molecule has 65 heavy (non-hydrogen) atoms. The van der Waals surface area contributed by atoms with Gasteiger partial charge in [-0.2, -0.15) is 0 Å². The van der Waals surface area contributed by atoms with Crippen molar-refractivity contribution < 1.29 is 29.6 Å². The summed E-state index contributed by atoms with van der Waals surface area (Å²) in [4.78, 5) is 48.8. The van der Waals surface area contributed by atoms with Crippen molar-refractivity contribution in [2.24, 2.45) is 14.1 Å². The molecule has 3 N–H and O–H groups in total. The minimum Gasteiger partial charge on any atom is -0.506 e. The van der Waals surface area contributed by atoms with E-state index in [-0.39, 0.29) is 33.8 Å². The maximum atomic E-state index is 11.4. The fourth-order valence-corrected chi connectivity index (χ4v) is 6.94. The number of hydrogen-bond acceptors (Lipinski definition) is 13. The van der Waals surface area contributed by atoms with Crippen LogP contribution >= 0.6 is 105 Å². The van der Waals surface area contributed by atoms with Gasteiger partial charge in [-0.25, -0.2) is 29.5 Å². The number of nitrogen functional groups attached to an aromatic ring is 1. The number of rotatable bonds is 1. The number of oxazole rings is 2. The summed E-state index contributed by atoms with van der Waals surface area (Å²) in [6.45, 7) is 2.00. The van der Waals surface area contributed by atoms with Crippen LogP contribution in [-0.2, 0) is 30.0 Å². The number of ether oxygens (including phenoxy) is 2. The van der Waals surface area contributed by atoms with Crippen molar-refractivity contribution in [3.8, 4) is 22.8 Å². The van der Waals surface area contributed by atoms with E-state index in [4.69, 9.17) is 65.3 Å². The highest BCUT2D eigenvalue weighted by atomic mass is 127. The van der Waals surface area contributed by atoms with Crippen LogP contribution in [0.25, 0.3) is 33.5 Å². The van der Waals surface area contributed by atoms with Gasteiger partial charge in [-0.15, -0.1) is 0 Å². The van der Waals surface area contributed by atoms with Gasteiger partial charge in [0.2, 0.25) is 10.6 Å². The van der Waals surface area contributed by atoms with Crippen molar-refractivity contribution in [2.75, 3.05) is 23.9 Å². The summed E-state index contributed by atoms with van der Waals surface area (Å²) in [7, 11) is 3.34. The van der Waals surface area contributed by atoms with Crippen LogP contribution in [0.2, 0.25) is 15.7 Å². The quantitative estimate of drug-likeness (QED) is 0.0230. The number of esters is 1. The van der Waals surface area contributed by atoms with Gasteiger partial charge in [-0.1, -0.05) is 82.0 Å². The molecule has 22 heteroatoms. The zero-order chi connectivity index (χ0) is 48.3. The number of aryl methyl sites for hydroxylation is 2. The minimum absolute atomic E-state index is 0.123. The highest BCUT2D eigenvalue weighted by Crippen LogP contribution is 2.28. The van der Waals surface area contributed by atoms with Crippen molar-refractivity contribution in [1.29, 1.82) is 0 Å². The summed E-state index contributed by atoms with van der Waals surface area (Å²) in [5.41, 5.74) is 10.9. The monoisotopic (exact) mass is 1250 g/mol. The van der Waals surface area contributed by atoms with Crippen molar-refractivity contribution in [3.63, 3.8) is 0 Å². The number of carbonyl (C=O) groups is 1. The molecule has 1 saturated heterocycles. The molecule has 2 aliphatic heterocycles. The van der Waals surface area contributed by atoms with Crippen LogP contribution in [-0.4, -0.2) is 58.3 Å². The third kappa shape index (κ3) is 16.8. The Morgan fingerprint density at radius 2 is 1.28 bits per heavy atom. The second-order valence-corrected chi connectivity index (χ2v) is 16.7. The number of fused-ring (bicyclic) bond motifs is 3. The first-order valence-electron chi connectivity index (χ1n) is 19.3. The summed E-state index contributed by atoms with van der Waals surface area (Å²) in [6, 6.07) is 24.6. The minimum atomic E-state index is -0.386. The van der Waals surface area contributed by atoms with Gasteiger partial charge < -0.3 is 29.1 Å². The lowest BCUT2D eigenvalue weighted by atomic mass is 10.1. The molecule has 0 atom stereocenters. The average Bonchev–Trinajstić information content (AvgIpc) is 4.09. The Kier molecular flexibility index (Phi) is 21.2. The molecular formula is C43H38Br3Cl3IN7O8. The lowest BCUT2D eigenvalue weighted by Gasteiger charge is -2.01. The number of nitrogens with zero attached hydrogens (tertiary/aromatic N) is 6. The molecule has 0 bridgehead atoms. The highest BCUT2D eigenvalue weighted by molar-refractivity contribution is 14.1. The number of aromatic nitrogens is 6. The number of carbonyl (C=O) groups excluding carboxylic acids is 1. The standard InChI is InChI=1S/C12H8ClN3O2.C8H6BrNO2.C8H5BrO2.C6H6BrNO.C4H2Cl2N2.C4H8O.CH3I/c1-16-9-6-7(2-3-10(9)18-12(16)17)8-4-5-14-11(13)15-8;1-10-6-4-5(9)2-3-7(6)12-8(10)11;9-6-1-2-7-5(3-6)4-8(10)11-7;7-4-1-2-6(9)5(8)3-4;5-3-1-2-7-4(6)8-3;1-2-4-5-3-1;1-2/h2-6H,1H3;2-4H,1H3;1-3H,4H2;1-3,9H,8H2;1-2H;1-4H2;1H3/i;;;;;;1D. The topological polar surface area (TPSA) is 204 Å². The van der Waals surface area contributed by atoms with Crippen molar-refractivity contribution in [2.45, 2.75) is 19.3 Å². The van der Waals surface area contributed by atoms with E-state index in [0.29, 0.717) is 50.3 Å². The van der Waals surface area contributed by atoms with Crippen molar-refractivity contribution >= 4 is 139 Å². The molecule has 4 aromatic heterocycles. The average molecular weight is 1250 g/mol. The maximum absolute atomic E-state index is 11.4. The van der Waals surface area contributed by atoms with Crippen LogP contribution in [0.1, 0.15) is 19.8 Å². The molecule has 8 aromatic rings. The smallest absolute Gasteiger partial charge is 0.419 e. The molecule has 342 valence electrons. The first-order chi connectivity index (χ1) is 31.5. The first-order valence-corrected chi connectivity index (χ1v) is 23.7. The second kappa shape index (κ2) is 26.7. The molecule has 0 amide bonds. The molecule has 2 aliphatic rings. The van der Waals surface area contributed by atoms with E-state index >= 15 is 0 Å². The zero-order valence-electron chi connectivity index (χ0n) is 35.2. The number of aromatic hydroxyl groups is 1. The van der Waals surface area contributed by atoms with Crippen LogP contribution in [0.4, 0.5) is 5.69 Å². The predicted molar refractivity (Wildman–Crippen MR) is 272 cm³/mol. The molecule has 0 saturated carbocycles. The molecule has 0 aliphatic carbocycles. The van der Waals surface area contributed by atoms with Gasteiger partial charge in [0.15, 0.2) is 11.2 Å². The van der Waals surface area contributed by atoms with Gasteiger partial charge in [0, 0.05) is 65.6 Å². The van der Waals surface area contributed by atoms with Crippen LogP contribution in [0.5, 0.6) is 11.5 Å². The fourth-order valence-electron chi connectivity index (χ4n) is 5.33. The summed E-state index contributed by atoms with van der Waals surface area (Å²) < 4.78 is 31.8. The summed E-state index contributed by atoms with van der Waals surface area (Å²) >= 11 is 28.3. The van der Waals surface area contributed by atoms with E-state index in [1.54, 1.807) is 68.8 Å². The van der Waals surface area contributed by atoms with E-state index in [0.717, 1.165) is 43.3 Å². The Morgan fingerprint density at radius 3 is 1.82 bits per heavy atom. The molecule has 0 spiro atoms. The number of hydrogen-bond donors (Lipinski definition) is 2. The number of halogens is 7. The zero-order valence-corrected chi connectivity index (χ0v) is 43.4. The fraction of sp³-hybridized carbons (Fsp3) is 0.186. The SMILES string of the molecule is C1CCOC1.Clc1ccnc(Cl)n1.Cn1c(=O)oc2ccc(-c3ccnc(Cl)n3)cc21.Cn1c(=O)oc2ccc(Br)cc21.Nc1cc(Br)ccc1O.O=C1Cc2cc(Br)ccc2O1.[2H]CI. The molecular weight excluding hydrogens is 1220 g/mol. The third-order valence-corrected chi connectivity index (χ3v) is 10.5. The van der Waals surface area contributed by atoms with E-state index in [9.17, 15) is 14.4 Å². The maximum Gasteiger partial charge on any atom is 0.419 e.